The van der Waals surface area contributed by atoms with Crippen LogP contribution in [0.1, 0.15) is 26.2 Å². The first-order valence-corrected chi connectivity index (χ1v) is 3.97. The second-order valence-corrected chi connectivity index (χ2v) is 2.39. The Morgan fingerprint density at radius 2 is 2.10 bits per heavy atom. The summed E-state index contributed by atoms with van der Waals surface area (Å²) in [6, 6.07) is 0. The largest absolute Gasteiger partial charge is 0.323 e. The number of hydrogen-bond donors (Lipinski definition) is 0. The van der Waals surface area contributed by atoms with Gasteiger partial charge in [0.05, 0.1) is 0 Å². The lowest BCUT2D eigenvalue weighted by Gasteiger charge is -1.94. The van der Waals surface area contributed by atoms with E-state index in [9.17, 15) is 4.79 Å². The maximum Gasteiger partial charge on any atom is 0.187 e. The molecule has 0 aromatic heterocycles. The van der Waals surface area contributed by atoms with Crippen LogP contribution in [-0.4, -0.2) is 20.1 Å². The van der Waals surface area contributed by atoms with Crippen LogP contribution in [0.15, 0.2) is 0 Å². The summed E-state index contributed by atoms with van der Waals surface area (Å²) in [6.07, 6.45) is 4.54. The Morgan fingerprint density at radius 3 is 2.60 bits per heavy atom. The van der Waals surface area contributed by atoms with Gasteiger partial charge in [0.15, 0.2) is 14.6 Å². The molecule has 0 amide bonds. The van der Waals surface area contributed by atoms with Crippen LogP contribution < -0.4 is 0 Å². The Morgan fingerprint density at radius 1 is 1.40 bits per heavy atom. The molecule has 0 saturated heterocycles. The van der Waals surface area contributed by atoms with E-state index < -0.39 is 0 Å². The van der Waals surface area contributed by atoms with Crippen molar-refractivity contribution in [3.8, 4) is 0 Å². The Bertz CT molecular complexity index is 93.6. The summed E-state index contributed by atoms with van der Waals surface area (Å²) >= 11 is 0. The molecule has 0 aliphatic heterocycles. The summed E-state index contributed by atoms with van der Waals surface area (Å²) in [7, 11) is 3.36. The monoisotopic (exact) mass is 136 g/mol. The van der Waals surface area contributed by atoms with Crippen LogP contribution in [0, 0.1) is 0 Å². The van der Waals surface area contributed by atoms with E-state index >= 15 is 0 Å². The molecule has 0 aromatic carbocycles. The lowest BCUT2D eigenvalue weighted by molar-refractivity contribution is 0.274. The standard InChI is InChI=1S/C7H14B2O/c1-3-4-5-6-9-7(10)8-2/h3-6H2,1-2H3. The first-order valence-electron chi connectivity index (χ1n) is 3.97. The van der Waals surface area contributed by atoms with Crippen LogP contribution in [-0.2, 0) is 0 Å². The van der Waals surface area contributed by atoms with Crippen LogP contribution in [0.25, 0.3) is 0 Å². The van der Waals surface area contributed by atoms with Gasteiger partial charge in [0.25, 0.3) is 0 Å². The lowest BCUT2D eigenvalue weighted by atomic mass is 9.53. The summed E-state index contributed by atoms with van der Waals surface area (Å²) in [6.45, 7) is 3.94. The van der Waals surface area contributed by atoms with Crippen LogP contribution >= 0.6 is 0 Å². The first kappa shape index (κ1) is 9.80. The van der Waals surface area contributed by atoms with Gasteiger partial charge in [0.2, 0.25) is 0 Å². The minimum Gasteiger partial charge on any atom is -0.323 e. The lowest BCUT2D eigenvalue weighted by Crippen LogP contribution is -2.11. The van der Waals surface area contributed by atoms with Gasteiger partial charge < -0.3 is 4.79 Å². The summed E-state index contributed by atoms with van der Waals surface area (Å²) in [5.41, 5.74) is 0.163. The second-order valence-electron chi connectivity index (χ2n) is 2.39. The SMILES string of the molecule is C[B]C(=O)[B]CCCCC. The van der Waals surface area contributed by atoms with Crippen molar-refractivity contribution in [2.24, 2.45) is 0 Å². The zero-order valence-electron chi connectivity index (χ0n) is 6.89. The van der Waals surface area contributed by atoms with Gasteiger partial charge in [-0.05, 0) is 0 Å². The molecule has 2 radical (unpaired) electrons. The van der Waals surface area contributed by atoms with Crippen LogP contribution in [0.4, 0.5) is 4.79 Å². The zero-order valence-corrected chi connectivity index (χ0v) is 6.89. The van der Waals surface area contributed by atoms with Crippen LogP contribution in [0.3, 0.4) is 0 Å². The highest BCUT2D eigenvalue weighted by Crippen LogP contribution is 1.98. The predicted octanol–water partition coefficient (Wildman–Crippen LogP) is 2.17. The van der Waals surface area contributed by atoms with E-state index in [0.717, 1.165) is 12.7 Å². The molecule has 0 fully saturated rings. The van der Waals surface area contributed by atoms with E-state index in [2.05, 4.69) is 6.92 Å². The summed E-state index contributed by atoms with van der Waals surface area (Å²) in [4.78, 5) is 10.7. The van der Waals surface area contributed by atoms with Crippen molar-refractivity contribution >= 4 is 20.1 Å². The van der Waals surface area contributed by atoms with Gasteiger partial charge in [-0.25, -0.2) is 0 Å². The van der Waals surface area contributed by atoms with Crippen LogP contribution in [0.5, 0.6) is 0 Å². The normalized spacial score (nSPS) is 9.00. The molecule has 0 aromatic rings. The molecule has 0 atom stereocenters. The average Bonchev–Trinajstić information content (AvgIpc) is 1.98. The van der Waals surface area contributed by atoms with Gasteiger partial charge in [-0.3, -0.25) is 0 Å². The molecule has 0 rings (SSSR count). The minimum atomic E-state index is 0.163. The third-order valence-corrected chi connectivity index (χ3v) is 1.44. The molecular weight excluding hydrogens is 122 g/mol. The summed E-state index contributed by atoms with van der Waals surface area (Å²) < 4.78 is 0. The smallest absolute Gasteiger partial charge is 0.187 e. The van der Waals surface area contributed by atoms with E-state index in [-0.39, 0.29) is 5.58 Å². The van der Waals surface area contributed by atoms with E-state index in [4.69, 9.17) is 0 Å². The van der Waals surface area contributed by atoms with E-state index in [1.54, 1.807) is 21.4 Å². The Labute approximate surface area is 65.1 Å². The zero-order chi connectivity index (χ0) is 7.82. The quantitative estimate of drug-likeness (QED) is 0.403. The number of carbonyl (C=O) groups excluding carboxylic acids is 1. The van der Waals surface area contributed by atoms with Crippen molar-refractivity contribution in [3.63, 3.8) is 0 Å². The molecule has 0 bridgehead atoms. The Balaban J connectivity index is 2.96. The van der Waals surface area contributed by atoms with E-state index in [1.807, 2.05) is 0 Å². The van der Waals surface area contributed by atoms with Crippen molar-refractivity contribution in [2.45, 2.75) is 39.3 Å². The van der Waals surface area contributed by atoms with Crippen molar-refractivity contribution in [3.05, 3.63) is 0 Å². The third kappa shape index (κ3) is 5.93. The van der Waals surface area contributed by atoms with Gasteiger partial charge >= 0.3 is 0 Å². The van der Waals surface area contributed by atoms with Gasteiger partial charge in [-0.15, -0.1) is 0 Å². The van der Waals surface area contributed by atoms with Crippen molar-refractivity contribution in [1.82, 2.24) is 0 Å². The van der Waals surface area contributed by atoms with Crippen LogP contribution in [0.2, 0.25) is 13.1 Å². The fraction of sp³-hybridized carbons (Fsp3) is 0.857. The summed E-state index contributed by atoms with van der Waals surface area (Å²) in [5, 5.41) is 0. The van der Waals surface area contributed by atoms with Gasteiger partial charge in [0, 0.05) is 5.58 Å². The third-order valence-electron chi connectivity index (χ3n) is 1.44. The van der Waals surface area contributed by atoms with E-state index in [0.29, 0.717) is 0 Å². The molecule has 0 heterocycles. The van der Waals surface area contributed by atoms with Gasteiger partial charge in [0.1, 0.15) is 0 Å². The van der Waals surface area contributed by atoms with Gasteiger partial charge in [-0.2, -0.15) is 0 Å². The maximum atomic E-state index is 10.7. The molecule has 0 N–H and O–H groups in total. The molecular formula is C7H14B2O. The predicted molar refractivity (Wildman–Crippen MR) is 47.1 cm³/mol. The van der Waals surface area contributed by atoms with Crippen molar-refractivity contribution < 1.29 is 4.79 Å². The highest BCUT2D eigenvalue weighted by Gasteiger charge is 1.99. The number of hydrogen-bond acceptors (Lipinski definition) is 1. The highest BCUT2D eigenvalue weighted by molar-refractivity contribution is 7.02. The molecule has 0 aliphatic rings. The molecule has 0 unspecified atom stereocenters. The van der Waals surface area contributed by atoms with Gasteiger partial charge in [-0.1, -0.05) is 39.3 Å². The van der Waals surface area contributed by atoms with Crippen molar-refractivity contribution in [1.29, 1.82) is 0 Å². The molecule has 0 saturated carbocycles. The summed E-state index contributed by atoms with van der Waals surface area (Å²) in [5.74, 6) is 0. The average molecular weight is 136 g/mol. The molecule has 0 aliphatic carbocycles. The molecule has 0 spiro atoms. The fourth-order valence-electron chi connectivity index (χ4n) is 0.757. The number of rotatable bonds is 6. The molecule has 3 heteroatoms. The molecule has 54 valence electrons. The maximum absolute atomic E-state index is 10.7. The van der Waals surface area contributed by atoms with Crippen molar-refractivity contribution in [2.75, 3.05) is 0 Å². The second kappa shape index (κ2) is 6.91. The first-order chi connectivity index (χ1) is 4.81. The van der Waals surface area contributed by atoms with E-state index in [1.165, 1.54) is 12.8 Å². The number of unbranched alkanes of at least 4 members (excludes halogenated alkanes) is 2. The fourth-order valence-corrected chi connectivity index (χ4v) is 0.757. The molecule has 10 heavy (non-hydrogen) atoms. The minimum absolute atomic E-state index is 0.163. The highest BCUT2D eigenvalue weighted by atomic mass is 16.1. The Kier molecular flexibility index (Phi) is 6.78. The Hall–Kier alpha value is -0.200. The topological polar surface area (TPSA) is 17.1 Å². The number of carbonyl (C=O) groups is 1. The molecule has 1 nitrogen and oxygen atoms in total.